The summed E-state index contributed by atoms with van der Waals surface area (Å²) < 4.78 is 5.16. The van der Waals surface area contributed by atoms with E-state index in [1.807, 2.05) is 19.9 Å². The first-order valence-electron chi connectivity index (χ1n) is 9.46. The van der Waals surface area contributed by atoms with E-state index < -0.39 is 11.5 Å². The fraction of sp³-hybridized carbons (Fsp3) is 0.429. The molecule has 0 fully saturated rings. The number of esters is 1. The number of carbonyl (C=O) groups is 2. The van der Waals surface area contributed by atoms with Crippen LogP contribution in [0, 0.1) is 32.1 Å². The molecule has 1 amide bonds. The molecule has 2 aromatic rings. The van der Waals surface area contributed by atoms with Gasteiger partial charge < -0.3 is 15.0 Å². The van der Waals surface area contributed by atoms with Gasteiger partial charge in [0.05, 0.1) is 12.2 Å². The fourth-order valence-corrected chi connectivity index (χ4v) is 4.51. The van der Waals surface area contributed by atoms with Gasteiger partial charge in [0.2, 0.25) is 5.91 Å². The monoisotopic (exact) mass is 415 g/mol. The van der Waals surface area contributed by atoms with Crippen LogP contribution in [-0.4, -0.2) is 23.5 Å². The van der Waals surface area contributed by atoms with E-state index in [9.17, 15) is 19.6 Å². The van der Waals surface area contributed by atoms with E-state index in [1.54, 1.807) is 20.8 Å². The number of amides is 1. The maximum absolute atomic E-state index is 12.6. The lowest BCUT2D eigenvalue weighted by atomic mass is 9.99. The molecule has 0 saturated heterocycles. The van der Waals surface area contributed by atoms with E-state index in [0.29, 0.717) is 34.7 Å². The maximum Gasteiger partial charge on any atom is 0.341 e. The van der Waals surface area contributed by atoms with Crippen molar-refractivity contribution in [2.24, 2.45) is 0 Å². The normalized spacial score (nSPS) is 10.5. The number of aryl methyl sites for hydroxylation is 2. The van der Waals surface area contributed by atoms with Gasteiger partial charge in [-0.15, -0.1) is 11.3 Å². The Morgan fingerprint density at radius 2 is 1.90 bits per heavy atom. The standard InChI is InChI=1S/C21H25N3O4S/c1-6-14-13(5)29-20(18(14)21(27)28-7-2)24-17(25)9-8-15-11(3)16(10-22)19(26)23-12(15)4/h6-9H2,1-5H3,(H,23,26)(H,24,25). The number of rotatable bonds is 7. The number of nitriles is 1. The smallest absolute Gasteiger partial charge is 0.341 e. The molecule has 2 aromatic heterocycles. The van der Waals surface area contributed by atoms with E-state index in [4.69, 9.17) is 4.74 Å². The Bertz CT molecular complexity index is 1040. The topological polar surface area (TPSA) is 112 Å². The molecule has 2 heterocycles. The van der Waals surface area contributed by atoms with Gasteiger partial charge in [-0.1, -0.05) is 6.92 Å². The molecule has 0 atom stereocenters. The van der Waals surface area contributed by atoms with Crippen LogP contribution in [0.3, 0.4) is 0 Å². The molecule has 2 rings (SSSR count). The van der Waals surface area contributed by atoms with Gasteiger partial charge in [-0.3, -0.25) is 9.59 Å². The number of hydrogen-bond acceptors (Lipinski definition) is 6. The molecule has 0 bridgehead atoms. The molecular formula is C21H25N3O4S. The summed E-state index contributed by atoms with van der Waals surface area (Å²) in [5, 5.41) is 12.5. The molecule has 0 aliphatic carbocycles. The fourth-order valence-electron chi connectivity index (χ4n) is 3.36. The predicted molar refractivity (Wildman–Crippen MR) is 113 cm³/mol. The Morgan fingerprint density at radius 3 is 2.48 bits per heavy atom. The molecule has 29 heavy (non-hydrogen) atoms. The first-order chi connectivity index (χ1) is 13.7. The van der Waals surface area contributed by atoms with Gasteiger partial charge in [0.25, 0.3) is 5.56 Å². The number of anilines is 1. The van der Waals surface area contributed by atoms with Gasteiger partial charge in [0.15, 0.2) is 0 Å². The quantitative estimate of drug-likeness (QED) is 0.672. The van der Waals surface area contributed by atoms with Crippen LogP contribution in [0.25, 0.3) is 0 Å². The number of nitrogens with zero attached hydrogens (tertiary/aromatic N) is 1. The number of nitrogens with one attached hydrogen (secondary N) is 2. The molecular weight excluding hydrogens is 390 g/mol. The molecule has 7 nitrogen and oxygen atoms in total. The molecule has 8 heteroatoms. The number of thiophene rings is 1. The zero-order valence-electron chi connectivity index (χ0n) is 17.3. The van der Waals surface area contributed by atoms with Gasteiger partial charge in [-0.25, -0.2) is 4.79 Å². The Kier molecular flexibility index (Phi) is 7.35. The summed E-state index contributed by atoms with van der Waals surface area (Å²) >= 11 is 1.36. The minimum atomic E-state index is -0.435. The number of hydrogen-bond donors (Lipinski definition) is 2. The van der Waals surface area contributed by atoms with Crippen LogP contribution in [0.4, 0.5) is 5.00 Å². The van der Waals surface area contributed by atoms with Crippen LogP contribution in [-0.2, 0) is 22.4 Å². The van der Waals surface area contributed by atoms with E-state index in [1.165, 1.54) is 11.3 Å². The van der Waals surface area contributed by atoms with E-state index in [0.717, 1.165) is 16.0 Å². The van der Waals surface area contributed by atoms with Crippen LogP contribution in [0.5, 0.6) is 0 Å². The highest BCUT2D eigenvalue weighted by molar-refractivity contribution is 7.16. The van der Waals surface area contributed by atoms with Crippen molar-refractivity contribution in [2.75, 3.05) is 11.9 Å². The second kappa shape index (κ2) is 9.52. The third-order valence-electron chi connectivity index (χ3n) is 4.82. The van der Waals surface area contributed by atoms with E-state index in [2.05, 4.69) is 10.3 Å². The number of ether oxygens (including phenoxy) is 1. The number of aromatic amines is 1. The molecule has 0 saturated carbocycles. The van der Waals surface area contributed by atoms with Gasteiger partial charge in [0, 0.05) is 17.0 Å². The molecule has 0 radical (unpaired) electrons. The summed E-state index contributed by atoms with van der Waals surface area (Å²) in [4.78, 5) is 40.4. The van der Waals surface area contributed by atoms with Gasteiger partial charge in [0.1, 0.15) is 16.6 Å². The Hall–Kier alpha value is -2.92. The first kappa shape index (κ1) is 22.4. The largest absolute Gasteiger partial charge is 0.462 e. The van der Waals surface area contributed by atoms with Crippen LogP contribution in [0.1, 0.15) is 63.5 Å². The summed E-state index contributed by atoms with van der Waals surface area (Å²) in [5.74, 6) is -0.682. The van der Waals surface area contributed by atoms with Crippen LogP contribution in [0.15, 0.2) is 4.79 Å². The Morgan fingerprint density at radius 1 is 1.21 bits per heavy atom. The number of pyridine rings is 1. The van der Waals surface area contributed by atoms with Crippen molar-refractivity contribution in [3.63, 3.8) is 0 Å². The number of H-pyrrole nitrogens is 1. The Balaban J connectivity index is 2.22. The molecule has 0 aliphatic rings. The second-order valence-electron chi connectivity index (χ2n) is 6.63. The third-order valence-corrected chi connectivity index (χ3v) is 5.88. The van der Waals surface area contributed by atoms with Gasteiger partial charge in [-0.2, -0.15) is 5.26 Å². The SMILES string of the molecule is CCOC(=O)c1c(NC(=O)CCc2c(C)[nH]c(=O)c(C#N)c2C)sc(C)c1CC. The van der Waals surface area contributed by atoms with Crippen molar-refractivity contribution in [1.29, 1.82) is 5.26 Å². The number of carbonyl (C=O) groups excluding carboxylic acids is 2. The van der Waals surface area contributed by atoms with Crippen molar-refractivity contribution in [1.82, 2.24) is 4.98 Å². The minimum absolute atomic E-state index is 0.0667. The summed E-state index contributed by atoms with van der Waals surface area (Å²) in [6.07, 6.45) is 1.19. The van der Waals surface area contributed by atoms with Crippen LogP contribution < -0.4 is 10.9 Å². The molecule has 0 unspecified atom stereocenters. The van der Waals surface area contributed by atoms with Gasteiger partial charge in [-0.05, 0) is 57.2 Å². The lowest BCUT2D eigenvalue weighted by molar-refractivity contribution is -0.116. The summed E-state index contributed by atoms with van der Waals surface area (Å²) in [7, 11) is 0. The van der Waals surface area contributed by atoms with E-state index in [-0.39, 0.29) is 24.5 Å². The highest BCUT2D eigenvalue weighted by Crippen LogP contribution is 2.34. The lowest BCUT2D eigenvalue weighted by Crippen LogP contribution is -2.19. The predicted octanol–water partition coefficient (Wildman–Crippen LogP) is 3.54. The average Bonchev–Trinajstić information content (AvgIpc) is 2.96. The van der Waals surface area contributed by atoms with Crippen molar-refractivity contribution in [3.8, 4) is 6.07 Å². The summed E-state index contributed by atoms with van der Waals surface area (Å²) in [5.41, 5.74) is 2.97. The molecule has 0 aromatic carbocycles. The lowest BCUT2D eigenvalue weighted by Gasteiger charge is -2.11. The van der Waals surface area contributed by atoms with Gasteiger partial charge >= 0.3 is 5.97 Å². The maximum atomic E-state index is 12.6. The molecule has 0 aliphatic heterocycles. The highest BCUT2D eigenvalue weighted by atomic mass is 32.1. The first-order valence-corrected chi connectivity index (χ1v) is 10.3. The number of aromatic nitrogens is 1. The van der Waals surface area contributed by atoms with Crippen molar-refractivity contribution in [3.05, 3.63) is 48.7 Å². The third kappa shape index (κ3) is 4.74. The van der Waals surface area contributed by atoms with Crippen molar-refractivity contribution >= 4 is 28.2 Å². The average molecular weight is 416 g/mol. The van der Waals surface area contributed by atoms with Crippen molar-refractivity contribution in [2.45, 2.75) is 53.9 Å². The highest BCUT2D eigenvalue weighted by Gasteiger charge is 2.23. The molecule has 154 valence electrons. The van der Waals surface area contributed by atoms with Crippen LogP contribution >= 0.6 is 11.3 Å². The Labute approximate surface area is 173 Å². The van der Waals surface area contributed by atoms with Crippen LogP contribution in [0.2, 0.25) is 0 Å². The summed E-state index contributed by atoms with van der Waals surface area (Å²) in [6, 6.07) is 1.91. The van der Waals surface area contributed by atoms with Crippen molar-refractivity contribution < 1.29 is 14.3 Å². The molecule has 2 N–H and O–H groups in total. The zero-order chi connectivity index (χ0) is 21.7. The molecule has 0 spiro atoms. The van der Waals surface area contributed by atoms with E-state index >= 15 is 0 Å². The summed E-state index contributed by atoms with van der Waals surface area (Å²) in [6.45, 7) is 9.33. The zero-order valence-corrected chi connectivity index (χ0v) is 18.1. The second-order valence-corrected chi connectivity index (χ2v) is 7.86. The minimum Gasteiger partial charge on any atom is -0.462 e.